The summed E-state index contributed by atoms with van der Waals surface area (Å²) in [6.45, 7) is 4.83. The van der Waals surface area contributed by atoms with Gasteiger partial charge in [-0.2, -0.15) is 0 Å². The molecule has 2 aromatic rings. The number of carboxylic acid groups (broad SMARTS) is 1. The van der Waals surface area contributed by atoms with Crippen LogP contribution >= 0.6 is 11.3 Å². The first-order chi connectivity index (χ1) is 9.54. The molecule has 4 heteroatoms. The molecule has 0 amide bonds. The summed E-state index contributed by atoms with van der Waals surface area (Å²) >= 11 is 1.59. The molecule has 1 unspecified atom stereocenters. The first kappa shape index (κ1) is 14.8. The van der Waals surface area contributed by atoms with Gasteiger partial charge in [0.05, 0.1) is 12.5 Å². The summed E-state index contributed by atoms with van der Waals surface area (Å²) in [6.07, 6.45) is 0.102. The summed E-state index contributed by atoms with van der Waals surface area (Å²) in [5, 5.41) is 14.4. The quantitative estimate of drug-likeness (QED) is 0.853. The molecule has 1 heterocycles. The zero-order chi connectivity index (χ0) is 14.5. The molecule has 3 nitrogen and oxygen atoms in total. The molecule has 20 heavy (non-hydrogen) atoms. The van der Waals surface area contributed by atoms with E-state index in [-0.39, 0.29) is 12.5 Å². The second-order valence-corrected chi connectivity index (χ2v) is 6.02. The molecule has 1 aromatic heterocycles. The third-order valence-corrected chi connectivity index (χ3v) is 4.09. The maximum Gasteiger partial charge on any atom is 0.305 e. The van der Waals surface area contributed by atoms with Gasteiger partial charge in [-0.1, -0.05) is 35.4 Å². The van der Waals surface area contributed by atoms with Crippen LogP contribution in [0.25, 0.3) is 0 Å². The number of aryl methyl sites for hydroxylation is 2. The fraction of sp³-hybridized carbons (Fsp3) is 0.312. The van der Waals surface area contributed by atoms with E-state index in [1.807, 2.05) is 17.5 Å². The largest absolute Gasteiger partial charge is 0.481 e. The zero-order valence-corrected chi connectivity index (χ0v) is 12.5. The smallest absolute Gasteiger partial charge is 0.305 e. The van der Waals surface area contributed by atoms with Gasteiger partial charge in [-0.3, -0.25) is 4.79 Å². The molecule has 0 spiro atoms. The molecule has 2 N–H and O–H groups in total. The van der Waals surface area contributed by atoms with Crippen LogP contribution in [0.5, 0.6) is 0 Å². The van der Waals surface area contributed by atoms with Gasteiger partial charge < -0.3 is 10.4 Å². The Morgan fingerprint density at radius 2 is 2.00 bits per heavy atom. The summed E-state index contributed by atoms with van der Waals surface area (Å²) < 4.78 is 0. The van der Waals surface area contributed by atoms with Gasteiger partial charge >= 0.3 is 5.97 Å². The highest BCUT2D eigenvalue weighted by molar-refractivity contribution is 7.10. The second kappa shape index (κ2) is 6.68. The van der Waals surface area contributed by atoms with Crippen molar-refractivity contribution in [3.05, 3.63) is 57.3 Å². The van der Waals surface area contributed by atoms with Crippen LogP contribution in [-0.4, -0.2) is 11.1 Å². The molecule has 0 radical (unpaired) electrons. The topological polar surface area (TPSA) is 49.3 Å². The van der Waals surface area contributed by atoms with E-state index in [1.54, 1.807) is 11.3 Å². The van der Waals surface area contributed by atoms with Gasteiger partial charge in [-0.05, 0) is 30.9 Å². The molecule has 0 bridgehead atoms. The van der Waals surface area contributed by atoms with Crippen molar-refractivity contribution in [3.63, 3.8) is 0 Å². The summed E-state index contributed by atoms with van der Waals surface area (Å²) in [4.78, 5) is 12.1. The summed E-state index contributed by atoms with van der Waals surface area (Å²) in [7, 11) is 0. The van der Waals surface area contributed by atoms with Crippen LogP contribution in [0, 0.1) is 13.8 Å². The highest BCUT2D eigenvalue weighted by atomic mass is 32.1. The number of thiophene rings is 1. The monoisotopic (exact) mass is 289 g/mol. The van der Waals surface area contributed by atoms with E-state index in [9.17, 15) is 4.79 Å². The lowest BCUT2D eigenvalue weighted by Gasteiger charge is -2.16. The van der Waals surface area contributed by atoms with Crippen LogP contribution in [0.1, 0.15) is 34.0 Å². The molecule has 0 fully saturated rings. The van der Waals surface area contributed by atoms with Crippen molar-refractivity contribution in [3.8, 4) is 0 Å². The Morgan fingerprint density at radius 1 is 1.30 bits per heavy atom. The standard InChI is InChI=1S/C16H19NO2S/c1-11-6-12(2)8-13(7-11)10-17-14(9-16(18)19)15-4-3-5-20-15/h3-8,14,17H,9-10H2,1-2H3,(H,18,19). The minimum absolute atomic E-state index is 0.102. The van der Waals surface area contributed by atoms with Gasteiger partial charge in [0.1, 0.15) is 0 Å². The fourth-order valence-corrected chi connectivity index (χ4v) is 3.15. The fourth-order valence-electron chi connectivity index (χ4n) is 2.35. The molecule has 0 aliphatic rings. The number of benzene rings is 1. The van der Waals surface area contributed by atoms with Gasteiger partial charge in [-0.25, -0.2) is 0 Å². The van der Waals surface area contributed by atoms with Crippen molar-refractivity contribution in [2.45, 2.75) is 32.9 Å². The maximum atomic E-state index is 11.0. The summed E-state index contributed by atoms with van der Waals surface area (Å²) in [5.74, 6) is -0.781. The first-order valence-electron chi connectivity index (χ1n) is 6.60. The Balaban J connectivity index is 2.06. The van der Waals surface area contributed by atoms with E-state index >= 15 is 0 Å². The maximum absolute atomic E-state index is 11.0. The lowest BCUT2D eigenvalue weighted by atomic mass is 10.1. The first-order valence-corrected chi connectivity index (χ1v) is 7.48. The van der Waals surface area contributed by atoms with E-state index in [0.717, 1.165) is 4.88 Å². The summed E-state index contributed by atoms with van der Waals surface area (Å²) in [5.41, 5.74) is 3.65. The Labute approximate surface area is 123 Å². The van der Waals surface area contributed by atoms with Crippen LogP contribution in [0.4, 0.5) is 0 Å². The van der Waals surface area contributed by atoms with Crippen molar-refractivity contribution < 1.29 is 9.90 Å². The van der Waals surface area contributed by atoms with E-state index in [0.29, 0.717) is 6.54 Å². The zero-order valence-electron chi connectivity index (χ0n) is 11.7. The van der Waals surface area contributed by atoms with Gasteiger partial charge in [0, 0.05) is 11.4 Å². The number of carbonyl (C=O) groups is 1. The molecule has 106 valence electrons. The Hall–Kier alpha value is -1.65. The van der Waals surface area contributed by atoms with Crippen LogP contribution in [0.15, 0.2) is 35.7 Å². The van der Waals surface area contributed by atoms with Crippen LogP contribution < -0.4 is 5.32 Å². The van der Waals surface area contributed by atoms with Crippen LogP contribution in [0.2, 0.25) is 0 Å². The van der Waals surface area contributed by atoms with Crippen molar-refractivity contribution >= 4 is 17.3 Å². The van der Waals surface area contributed by atoms with Gasteiger partial charge in [0.15, 0.2) is 0 Å². The van der Waals surface area contributed by atoms with Gasteiger partial charge in [-0.15, -0.1) is 11.3 Å². The average Bonchev–Trinajstić information content (AvgIpc) is 2.86. The van der Waals surface area contributed by atoms with Gasteiger partial charge in [0.25, 0.3) is 0 Å². The predicted molar refractivity (Wildman–Crippen MR) is 82.1 cm³/mol. The number of hydrogen-bond acceptors (Lipinski definition) is 3. The van der Waals surface area contributed by atoms with Gasteiger partial charge in [0.2, 0.25) is 0 Å². The molecule has 1 aromatic carbocycles. The van der Waals surface area contributed by atoms with E-state index in [2.05, 4.69) is 37.4 Å². The molecular weight excluding hydrogens is 270 g/mol. The minimum atomic E-state index is -0.781. The molecule has 2 rings (SSSR count). The molecule has 0 saturated heterocycles. The van der Waals surface area contributed by atoms with Crippen molar-refractivity contribution in [1.29, 1.82) is 0 Å². The number of aliphatic carboxylic acids is 1. The van der Waals surface area contributed by atoms with Crippen LogP contribution in [0.3, 0.4) is 0 Å². The second-order valence-electron chi connectivity index (χ2n) is 5.04. The lowest BCUT2D eigenvalue weighted by Crippen LogP contribution is -2.22. The molecule has 0 aliphatic heterocycles. The number of nitrogens with one attached hydrogen (secondary N) is 1. The summed E-state index contributed by atoms with van der Waals surface area (Å²) in [6, 6.07) is 10.2. The minimum Gasteiger partial charge on any atom is -0.481 e. The van der Waals surface area contributed by atoms with E-state index in [4.69, 9.17) is 5.11 Å². The number of rotatable bonds is 6. The van der Waals surface area contributed by atoms with Crippen molar-refractivity contribution in [2.24, 2.45) is 0 Å². The third kappa shape index (κ3) is 4.18. The SMILES string of the molecule is Cc1cc(C)cc(CNC(CC(=O)O)c2cccs2)c1. The number of hydrogen-bond donors (Lipinski definition) is 2. The average molecular weight is 289 g/mol. The lowest BCUT2D eigenvalue weighted by molar-refractivity contribution is -0.137. The van der Waals surface area contributed by atoms with E-state index in [1.165, 1.54) is 16.7 Å². The Bertz CT molecular complexity index is 558. The van der Waals surface area contributed by atoms with Crippen LogP contribution in [-0.2, 0) is 11.3 Å². The molecular formula is C16H19NO2S. The van der Waals surface area contributed by atoms with Crippen molar-refractivity contribution in [1.82, 2.24) is 5.32 Å². The Kier molecular flexibility index (Phi) is 4.93. The highest BCUT2D eigenvalue weighted by Crippen LogP contribution is 2.22. The molecule has 1 atom stereocenters. The highest BCUT2D eigenvalue weighted by Gasteiger charge is 2.15. The van der Waals surface area contributed by atoms with Crippen molar-refractivity contribution in [2.75, 3.05) is 0 Å². The molecule has 0 aliphatic carbocycles. The predicted octanol–water partition coefficient (Wildman–Crippen LogP) is 3.67. The van der Waals surface area contributed by atoms with E-state index < -0.39 is 5.97 Å². The Morgan fingerprint density at radius 3 is 2.55 bits per heavy atom. The normalized spacial score (nSPS) is 12.3. The number of carboxylic acids is 1. The molecule has 0 saturated carbocycles. The third-order valence-electron chi connectivity index (χ3n) is 3.10.